The highest BCUT2D eigenvalue weighted by Gasteiger charge is 2.68. The number of aliphatic carboxylic acids is 1. The predicted molar refractivity (Wildman–Crippen MR) is 144 cm³/mol. The molecule has 4 fully saturated rings. The van der Waals surface area contributed by atoms with Gasteiger partial charge in [0.15, 0.2) is 0 Å². The van der Waals surface area contributed by atoms with Crippen LogP contribution in [0.3, 0.4) is 0 Å². The number of carbonyl (C=O) groups excluding carboxylic acids is 2. The third-order valence-corrected chi connectivity index (χ3v) is 13.4. The van der Waals surface area contributed by atoms with Gasteiger partial charge >= 0.3 is 5.97 Å². The van der Waals surface area contributed by atoms with Crippen molar-refractivity contribution < 1.29 is 27.9 Å². The van der Waals surface area contributed by atoms with Crippen molar-refractivity contribution in [1.29, 1.82) is 0 Å². The Morgan fingerprint density at radius 2 is 1.82 bits per heavy atom. The summed E-state index contributed by atoms with van der Waals surface area (Å²) in [6.07, 6.45) is 5.79. The fourth-order valence-electron chi connectivity index (χ4n) is 8.97. The van der Waals surface area contributed by atoms with Crippen LogP contribution in [0.4, 0.5) is 0 Å². The molecule has 0 aromatic heterocycles. The van der Waals surface area contributed by atoms with Crippen LogP contribution in [0.25, 0.3) is 0 Å². The molecule has 0 radical (unpaired) electrons. The molecule has 2 unspecified atom stereocenters. The van der Waals surface area contributed by atoms with Crippen molar-refractivity contribution in [2.24, 2.45) is 16.7 Å². The number of benzene rings is 1. The Labute approximate surface area is 230 Å². The number of aryl methyl sites for hydroxylation is 1. The summed E-state index contributed by atoms with van der Waals surface area (Å²) < 4.78 is 29.8. The summed E-state index contributed by atoms with van der Waals surface area (Å²) in [5.74, 6) is -1.70. The van der Waals surface area contributed by atoms with Gasteiger partial charge in [-0.25, -0.2) is 12.7 Å². The van der Waals surface area contributed by atoms with Crippen LogP contribution >= 0.6 is 0 Å². The Bertz CT molecular complexity index is 1320. The summed E-state index contributed by atoms with van der Waals surface area (Å²) >= 11 is 0. The average Bonchev–Trinajstić information content (AvgIpc) is 3.52. The molecular weight excluding hydrogens is 518 g/mol. The van der Waals surface area contributed by atoms with Gasteiger partial charge in [0, 0.05) is 24.5 Å². The van der Waals surface area contributed by atoms with Crippen molar-refractivity contribution in [3.63, 3.8) is 0 Å². The molecule has 9 nitrogen and oxygen atoms in total. The first-order chi connectivity index (χ1) is 18.4. The number of amides is 2. The number of rotatable bonds is 7. The third kappa shape index (κ3) is 4.00. The molecule has 2 saturated carbocycles. The summed E-state index contributed by atoms with van der Waals surface area (Å²) in [5, 5.41) is 11.7. The first kappa shape index (κ1) is 26.9. The Morgan fingerprint density at radius 1 is 1.10 bits per heavy atom. The predicted octanol–water partition coefficient (Wildman–Crippen LogP) is 2.29. The van der Waals surface area contributed by atoms with Crippen LogP contribution < -0.4 is 5.32 Å². The van der Waals surface area contributed by atoms with E-state index >= 15 is 0 Å². The monoisotopic (exact) mass is 557 g/mol. The van der Waals surface area contributed by atoms with E-state index in [4.69, 9.17) is 5.11 Å². The third-order valence-electron chi connectivity index (χ3n) is 11.4. The fourth-order valence-corrected chi connectivity index (χ4v) is 11.3. The average molecular weight is 558 g/mol. The van der Waals surface area contributed by atoms with Gasteiger partial charge in [0.2, 0.25) is 21.8 Å². The number of carboxylic acid groups (broad SMARTS) is 1. The number of piperidine rings is 1. The molecule has 2 bridgehead atoms. The second-order valence-electron chi connectivity index (χ2n) is 13.1. The van der Waals surface area contributed by atoms with Crippen LogP contribution in [-0.2, 0) is 36.2 Å². The highest BCUT2D eigenvalue weighted by atomic mass is 32.2. The van der Waals surface area contributed by atoms with Crippen molar-refractivity contribution in [1.82, 2.24) is 14.5 Å². The number of nitrogens with one attached hydrogen (secondary N) is 1. The van der Waals surface area contributed by atoms with Crippen LogP contribution in [-0.4, -0.2) is 78.0 Å². The molecule has 39 heavy (non-hydrogen) atoms. The van der Waals surface area contributed by atoms with Crippen LogP contribution in [0.15, 0.2) is 24.3 Å². The summed E-state index contributed by atoms with van der Waals surface area (Å²) in [6.45, 7) is 4.78. The first-order valence-electron chi connectivity index (χ1n) is 14.3. The second-order valence-corrected chi connectivity index (χ2v) is 15.1. The number of nitrogens with zero attached hydrogens (tertiary/aromatic N) is 2. The van der Waals surface area contributed by atoms with Crippen molar-refractivity contribution in [3.05, 3.63) is 35.4 Å². The zero-order valence-corrected chi connectivity index (χ0v) is 23.6. The molecule has 2 amide bonds. The molecule has 2 aliphatic heterocycles. The van der Waals surface area contributed by atoms with Gasteiger partial charge in [-0.15, -0.1) is 0 Å². The largest absolute Gasteiger partial charge is 0.480 e. The number of sulfonamides is 1. The minimum absolute atomic E-state index is 0.0564. The summed E-state index contributed by atoms with van der Waals surface area (Å²) in [7, 11) is -3.65. The Hall–Kier alpha value is -2.30. The van der Waals surface area contributed by atoms with E-state index in [1.165, 1.54) is 16.0 Å². The summed E-state index contributed by atoms with van der Waals surface area (Å²) in [4.78, 5) is 38.8. The smallest absolute Gasteiger partial charge is 0.317 e. The summed E-state index contributed by atoms with van der Waals surface area (Å²) in [6, 6.07) is 7.18. The molecule has 2 saturated heterocycles. The van der Waals surface area contributed by atoms with E-state index in [1.807, 2.05) is 0 Å². The number of carbonyl (C=O) groups is 3. The lowest BCUT2D eigenvalue weighted by Crippen LogP contribution is -2.57. The SMILES string of the molecule is CC1(C)C2CC[C@@]1(CS(=O)(=O)N1CCC3(CCc4ccccc43)CC1)[C@@H](N1C(=O)CC(NCC(=O)O)C1=O)C2. The van der Waals surface area contributed by atoms with Gasteiger partial charge in [-0.2, -0.15) is 0 Å². The van der Waals surface area contributed by atoms with E-state index in [2.05, 4.69) is 43.4 Å². The number of fused-ring (bicyclic) bond motifs is 4. The van der Waals surface area contributed by atoms with E-state index < -0.39 is 45.9 Å². The maximum atomic E-state index is 14.1. The quantitative estimate of drug-likeness (QED) is 0.493. The van der Waals surface area contributed by atoms with E-state index in [-0.39, 0.29) is 34.8 Å². The summed E-state index contributed by atoms with van der Waals surface area (Å²) in [5.41, 5.74) is 1.75. The Kier molecular flexibility index (Phi) is 6.28. The molecule has 6 rings (SSSR count). The number of carboxylic acids is 1. The normalized spacial score (nSPS) is 33.3. The highest BCUT2D eigenvalue weighted by molar-refractivity contribution is 7.89. The van der Waals surface area contributed by atoms with E-state index in [1.54, 1.807) is 4.31 Å². The van der Waals surface area contributed by atoms with Crippen molar-refractivity contribution in [2.45, 2.75) is 82.7 Å². The zero-order chi connectivity index (χ0) is 27.8. The van der Waals surface area contributed by atoms with Crippen molar-refractivity contribution >= 4 is 27.8 Å². The zero-order valence-electron chi connectivity index (χ0n) is 22.8. The van der Waals surface area contributed by atoms with Gasteiger partial charge in [-0.1, -0.05) is 38.1 Å². The van der Waals surface area contributed by atoms with Crippen LogP contribution in [0.1, 0.15) is 69.9 Å². The first-order valence-corrected chi connectivity index (χ1v) is 15.9. The van der Waals surface area contributed by atoms with Crippen molar-refractivity contribution in [2.75, 3.05) is 25.4 Å². The number of likely N-dealkylation sites (tertiary alicyclic amines) is 1. The van der Waals surface area contributed by atoms with Crippen LogP contribution in [0.5, 0.6) is 0 Å². The molecular formula is C29H39N3O6S. The minimum Gasteiger partial charge on any atom is -0.480 e. The van der Waals surface area contributed by atoms with Crippen LogP contribution in [0.2, 0.25) is 0 Å². The second kappa shape index (κ2) is 9.11. The lowest BCUT2D eigenvalue weighted by Gasteiger charge is -2.46. The lowest BCUT2D eigenvalue weighted by molar-refractivity contribution is -0.145. The molecule has 4 atom stereocenters. The van der Waals surface area contributed by atoms with Gasteiger partial charge in [-0.3, -0.25) is 24.6 Å². The molecule has 1 aromatic carbocycles. The van der Waals surface area contributed by atoms with Gasteiger partial charge in [0.05, 0.1) is 24.8 Å². The van der Waals surface area contributed by atoms with Gasteiger partial charge in [0.1, 0.15) is 0 Å². The highest BCUT2D eigenvalue weighted by Crippen LogP contribution is 2.67. The Balaban J connectivity index is 1.23. The number of imide groups is 1. The minimum atomic E-state index is -3.65. The number of hydrogen-bond donors (Lipinski definition) is 2. The van der Waals surface area contributed by atoms with Gasteiger partial charge < -0.3 is 5.11 Å². The molecule has 1 aromatic rings. The molecule has 1 spiro atoms. The molecule has 10 heteroatoms. The van der Waals surface area contributed by atoms with E-state index in [9.17, 15) is 22.8 Å². The van der Waals surface area contributed by atoms with E-state index in [0.29, 0.717) is 25.9 Å². The number of hydrogen-bond acceptors (Lipinski definition) is 6. The molecule has 212 valence electrons. The lowest BCUT2D eigenvalue weighted by atomic mass is 9.68. The fraction of sp³-hybridized carbons (Fsp3) is 0.690. The standard InChI is InChI=1S/C29H39N3O6S/c1-27(2)20-8-10-29(27,23(15-20)32-24(33)16-22(26(32)36)30-17-25(34)35)18-39(37,38)31-13-11-28(12-14-31)9-7-19-5-3-4-6-21(19)28/h3-6,20,22-23,30H,7-18H2,1-2H3,(H,34,35)/t20?,22?,23-,29+/m0/s1. The molecule has 2 N–H and O–H groups in total. The topological polar surface area (TPSA) is 124 Å². The van der Waals surface area contributed by atoms with Crippen LogP contribution in [0, 0.1) is 16.7 Å². The van der Waals surface area contributed by atoms with E-state index in [0.717, 1.165) is 32.1 Å². The molecule has 2 heterocycles. The van der Waals surface area contributed by atoms with Gasteiger partial charge in [-0.05, 0) is 72.8 Å². The molecule has 5 aliphatic rings. The van der Waals surface area contributed by atoms with Gasteiger partial charge in [0.25, 0.3) is 0 Å². The Morgan fingerprint density at radius 3 is 2.51 bits per heavy atom. The molecule has 3 aliphatic carbocycles. The maximum Gasteiger partial charge on any atom is 0.317 e. The maximum absolute atomic E-state index is 14.1. The van der Waals surface area contributed by atoms with Crippen molar-refractivity contribution in [3.8, 4) is 0 Å².